The van der Waals surface area contributed by atoms with E-state index in [1.807, 2.05) is 6.07 Å². The van der Waals surface area contributed by atoms with Crippen LogP contribution in [-0.4, -0.2) is 18.2 Å². The maximum atomic E-state index is 9.64. The van der Waals surface area contributed by atoms with Gasteiger partial charge >= 0.3 is 0 Å². The summed E-state index contributed by atoms with van der Waals surface area (Å²) in [5.41, 5.74) is 2.21. The molecule has 2 rings (SSSR count). The molecule has 1 unspecified atom stereocenters. The van der Waals surface area contributed by atoms with E-state index in [1.54, 1.807) is 6.92 Å². The highest BCUT2D eigenvalue weighted by molar-refractivity contribution is 9.10. The number of aliphatic hydroxyl groups is 1. The Balaban J connectivity index is 2.12. The minimum Gasteiger partial charge on any atom is -0.389 e. The van der Waals surface area contributed by atoms with E-state index in [0.717, 1.165) is 29.0 Å². The summed E-state index contributed by atoms with van der Waals surface area (Å²) < 4.78 is 1.00. The van der Waals surface area contributed by atoms with Crippen LogP contribution in [0, 0.1) is 5.92 Å². The number of rotatable bonds is 5. The van der Waals surface area contributed by atoms with E-state index in [2.05, 4.69) is 39.9 Å². The molecule has 0 aliphatic heterocycles. The highest BCUT2D eigenvalue weighted by Crippen LogP contribution is 2.31. The van der Waals surface area contributed by atoms with Gasteiger partial charge in [0.2, 0.25) is 0 Å². The Morgan fingerprint density at radius 3 is 2.61 bits per heavy atom. The lowest BCUT2D eigenvalue weighted by Crippen LogP contribution is -2.32. The molecule has 3 heteroatoms. The molecule has 1 atom stereocenters. The maximum absolute atomic E-state index is 9.64. The molecule has 1 N–H and O–H groups in total. The number of benzene rings is 1. The van der Waals surface area contributed by atoms with Crippen LogP contribution in [-0.2, 0) is 0 Å². The molecule has 0 amide bonds. The lowest BCUT2D eigenvalue weighted by atomic mass is 9.85. The third kappa shape index (κ3) is 3.07. The molecule has 1 fully saturated rings. The van der Waals surface area contributed by atoms with Gasteiger partial charge < -0.3 is 10.0 Å². The van der Waals surface area contributed by atoms with Crippen molar-refractivity contribution in [2.45, 2.75) is 39.2 Å². The van der Waals surface area contributed by atoms with Gasteiger partial charge in [0.15, 0.2) is 0 Å². The molecule has 0 saturated heterocycles. The molecule has 1 aliphatic carbocycles. The molecule has 0 radical (unpaired) electrons. The molecular weight excluding hydrogens is 290 g/mol. The Bertz CT molecular complexity index is 401. The lowest BCUT2D eigenvalue weighted by molar-refractivity contribution is 0.198. The number of nitrogens with zero attached hydrogens (tertiary/aromatic N) is 1. The second-order valence-corrected chi connectivity index (χ2v) is 6.07. The smallest absolute Gasteiger partial charge is 0.0772 e. The molecule has 0 spiro atoms. The molecular formula is C15H22BrNO. The molecule has 18 heavy (non-hydrogen) atoms. The Kier molecular flexibility index (Phi) is 4.68. The zero-order chi connectivity index (χ0) is 13.1. The molecule has 1 aliphatic rings. The van der Waals surface area contributed by atoms with Gasteiger partial charge in [0.05, 0.1) is 6.10 Å². The largest absolute Gasteiger partial charge is 0.389 e. The van der Waals surface area contributed by atoms with E-state index in [9.17, 15) is 5.11 Å². The molecule has 0 bridgehead atoms. The molecule has 0 heterocycles. The Morgan fingerprint density at radius 1 is 1.44 bits per heavy atom. The van der Waals surface area contributed by atoms with Gasteiger partial charge in [-0.2, -0.15) is 0 Å². The van der Waals surface area contributed by atoms with Crippen LogP contribution in [0.15, 0.2) is 22.7 Å². The van der Waals surface area contributed by atoms with Crippen LogP contribution in [0.1, 0.15) is 44.8 Å². The molecule has 0 aromatic heterocycles. The predicted octanol–water partition coefficient (Wildman–Crippen LogP) is 4.13. The van der Waals surface area contributed by atoms with Crippen molar-refractivity contribution in [1.82, 2.24) is 0 Å². The zero-order valence-corrected chi connectivity index (χ0v) is 12.8. The van der Waals surface area contributed by atoms with Gasteiger partial charge in [-0.25, -0.2) is 0 Å². The van der Waals surface area contributed by atoms with Crippen LogP contribution in [0.3, 0.4) is 0 Å². The first kappa shape index (κ1) is 13.9. The predicted molar refractivity (Wildman–Crippen MR) is 80.0 cm³/mol. The second-order valence-electron chi connectivity index (χ2n) is 5.22. The quantitative estimate of drug-likeness (QED) is 0.884. The number of halogens is 1. The van der Waals surface area contributed by atoms with Crippen molar-refractivity contribution in [3.05, 3.63) is 28.2 Å². The summed E-state index contributed by atoms with van der Waals surface area (Å²) in [4.78, 5) is 2.43. The van der Waals surface area contributed by atoms with Crippen LogP contribution in [0.5, 0.6) is 0 Å². The first-order valence-electron chi connectivity index (χ1n) is 6.84. The number of aliphatic hydroxyl groups excluding tert-OH is 1. The molecule has 1 aromatic rings. The minimum absolute atomic E-state index is 0.421. The molecule has 1 aromatic carbocycles. The first-order chi connectivity index (χ1) is 8.61. The summed E-state index contributed by atoms with van der Waals surface area (Å²) in [6.07, 6.45) is 3.73. The summed E-state index contributed by atoms with van der Waals surface area (Å²) in [6.45, 7) is 6.20. The fourth-order valence-corrected chi connectivity index (χ4v) is 3.15. The van der Waals surface area contributed by atoms with Crippen molar-refractivity contribution in [3.63, 3.8) is 0 Å². The van der Waals surface area contributed by atoms with Crippen molar-refractivity contribution in [2.75, 3.05) is 18.0 Å². The maximum Gasteiger partial charge on any atom is 0.0772 e. The van der Waals surface area contributed by atoms with E-state index < -0.39 is 6.10 Å². The number of hydrogen-bond acceptors (Lipinski definition) is 2. The van der Waals surface area contributed by atoms with E-state index in [4.69, 9.17) is 0 Å². The summed E-state index contributed by atoms with van der Waals surface area (Å²) >= 11 is 3.56. The zero-order valence-electron chi connectivity index (χ0n) is 11.2. The standard InChI is InChI=1S/C15H22BrNO/c1-3-17(10-12-5-4-6-12)13-7-8-14(11(2)18)15(16)9-13/h7-9,11-12,18H,3-6,10H2,1-2H3. The molecule has 1 saturated carbocycles. The van der Waals surface area contributed by atoms with Gasteiger partial charge in [-0.05, 0) is 50.3 Å². The lowest BCUT2D eigenvalue weighted by Gasteiger charge is -2.33. The van der Waals surface area contributed by atoms with Crippen LogP contribution >= 0.6 is 15.9 Å². The van der Waals surface area contributed by atoms with E-state index >= 15 is 0 Å². The highest BCUT2D eigenvalue weighted by Gasteiger charge is 2.20. The van der Waals surface area contributed by atoms with Crippen LogP contribution < -0.4 is 4.90 Å². The average Bonchev–Trinajstić information content (AvgIpc) is 2.27. The van der Waals surface area contributed by atoms with Gasteiger partial charge in [0, 0.05) is 23.2 Å². The van der Waals surface area contributed by atoms with Crippen molar-refractivity contribution >= 4 is 21.6 Å². The topological polar surface area (TPSA) is 23.5 Å². The Morgan fingerprint density at radius 2 is 2.17 bits per heavy atom. The second kappa shape index (κ2) is 6.07. The van der Waals surface area contributed by atoms with Gasteiger partial charge in [-0.3, -0.25) is 0 Å². The van der Waals surface area contributed by atoms with Crippen LogP contribution in [0.2, 0.25) is 0 Å². The molecule has 100 valence electrons. The SMILES string of the molecule is CCN(CC1CCC1)c1ccc(C(C)O)c(Br)c1. The van der Waals surface area contributed by atoms with E-state index in [-0.39, 0.29) is 0 Å². The minimum atomic E-state index is -0.421. The monoisotopic (exact) mass is 311 g/mol. The average molecular weight is 312 g/mol. The van der Waals surface area contributed by atoms with Crippen LogP contribution in [0.4, 0.5) is 5.69 Å². The first-order valence-corrected chi connectivity index (χ1v) is 7.63. The number of hydrogen-bond donors (Lipinski definition) is 1. The van der Waals surface area contributed by atoms with Gasteiger partial charge in [-0.15, -0.1) is 0 Å². The van der Waals surface area contributed by atoms with Crippen molar-refractivity contribution < 1.29 is 5.11 Å². The number of anilines is 1. The van der Waals surface area contributed by atoms with Crippen molar-refractivity contribution in [3.8, 4) is 0 Å². The van der Waals surface area contributed by atoms with E-state index in [0.29, 0.717) is 0 Å². The highest BCUT2D eigenvalue weighted by atomic mass is 79.9. The summed E-state index contributed by atoms with van der Waals surface area (Å²) in [7, 11) is 0. The normalized spacial score (nSPS) is 17.3. The third-order valence-corrected chi connectivity index (χ3v) is 4.57. The summed E-state index contributed by atoms with van der Waals surface area (Å²) in [6, 6.07) is 6.27. The van der Waals surface area contributed by atoms with Crippen LogP contribution in [0.25, 0.3) is 0 Å². The molecule has 2 nitrogen and oxygen atoms in total. The summed E-state index contributed by atoms with van der Waals surface area (Å²) in [5.74, 6) is 0.875. The fraction of sp³-hybridized carbons (Fsp3) is 0.600. The van der Waals surface area contributed by atoms with Gasteiger partial charge in [0.1, 0.15) is 0 Å². The Hall–Kier alpha value is -0.540. The van der Waals surface area contributed by atoms with E-state index in [1.165, 1.54) is 24.9 Å². The Labute approximate surface area is 118 Å². The summed E-state index contributed by atoms with van der Waals surface area (Å²) in [5, 5.41) is 9.64. The van der Waals surface area contributed by atoms with Crippen molar-refractivity contribution in [2.24, 2.45) is 5.92 Å². The van der Waals surface area contributed by atoms with Gasteiger partial charge in [0.25, 0.3) is 0 Å². The van der Waals surface area contributed by atoms with Gasteiger partial charge in [-0.1, -0.05) is 28.4 Å². The van der Waals surface area contributed by atoms with Crippen molar-refractivity contribution in [1.29, 1.82) is 0 Å². The third-order valence-electron chi connectivity index (χ3n) is 3.88. The fourth-order valence-electron chi connectivity index (χ4n) is 2.46.